The monoisotopic (exact) mass is 350 g/mol. The van der Waals surface area contributed by atoms with Gasteiger partial charge in [-0.3, -0.25) is 9.59 Å². The summed E-state index contributed by atoms with van der Waals surface area (Å²) >= 11 is 1.43. The number of hydrogen-bond acceptors (Lipinski definition) is 8. The molecule has 5 unspecified atom stereocenters. The molecular weight excluding hydrogens is 328 g/mol. The van der Waals surface area contributed by atoms with Gasteiger partial charge < -0.3 is 35.8 Å². The lowest BCUT2D eigenvalue weighted by Gasteiger charge is -2.35. The van der Waals surface area contributed by atoms with Crippen LogP contribution in [0.5, 0.6) is 0 Å². The Morgan fingerprint density at radius 1 is 1.39 bits per heavy atom. The SMILES string of the molecule is CSCC1CCOC1(O)C(=O)NC1(C(N)=O)OCC(C)(O)C1O. The summed E-state index contributed by atoms with van der Waals surface area (Å²) in [6, 6.07) is 0. The van der Waals surface area contributed by atoms with Crippen molar-refractivity contribution in [1.29, 1.82) is 0 Å². The van der Waals surface area contributed by atoms with Crippen molar-refractivity contribution in [3.63, 3.8) is 0 Å². The van der Waals surface area contributed by atoms with Crippen molar-refractivity contribution >= 4 is 23.6 Å². The van der Waals surface area contributed by atoms with Crippen molar-refractivity contribution in [3.8, 4) is 0 Å². The van der Waals surface area contributed by atoms with Gasteiger partial charge in [0.05, 0.1) is 13.2 Å². The highest BCUT2D eigenvalue weighted by Gasteiger charge is 2.62. The number of hydrogen-bond donors (Lipinski definition) is 5. The van der Waals surface area contributed by atoms with E-state index in [4.69, 9.17) is 15.2 Å². The van der Waals surface area contributed by atoms with E-state index in [2.05, 4.69) is 5.32 Å². The summed E-state index contributed by atoms with van der Waals surface area (Å²) in [4.78, 5) is 24.3. The van der Waals surface area contributed by atoms with Gasteiger partial charge in [-0.2, -0.15) is 11.8 Å². The van der Waals surface area contributed by atoms with Gasteiger partial charge in [0.2, 0.25) is 0 Å². The molecule has 10 heteroatoms. The Morgan fingerprint density at radius 3 is 2.52 bits per heavy atom. The summed E-state index contributed by atoms with van der Waals surface area (Å²) in [6.45, 7) is 1.01. The predicted octanol–water partition coefficient (Wildman–Crippen LogP) is -2.49. The minimum absolute atomic E-state index is 0.180. The number of carbonyl (C=O) groups excluding carboxylic acids is 2. The summed E-state index contributed by atoms with van der Waals surface area (Å²) < 4.78 is 10.3. The highest BCUT2D eigenvalue weighted by molar-refractivity contribution is 7.98. The Morgan fingerprint density at radius 2 is 2.04 bits per heavy atom. The lowest BCUT2D eigenvalue weighted by Crippen LogP contribution is -2.69. The van der Waals surface area contributed by atoms with E-state index in [0.29, 0.717) is 12.2 Å². The molecule has 2 fully saturated rings. The van der Waals surface area contributed by atoms with Gasteiger partial charge in [0, 0.05) is 11.7 Å². The molecule has 9 nitrogen and oxygen atoms in total. The van der Waals surface area contributed by atoms with Crippen LogP contribution in [0.4, 0.5) is 0 Å². The highest BCUT2D eigenvalue weighted by Crippen LogP contribution is 2.36. The molecule has 23 heavy (non-hydrogen) atoms. The van der Waals surface area contributed by atoms with Crippen LogP contribution in [0, 0.1) is 5.92 Å². The van der Waals surface area contributed by atoms with Crippen molar-refractivity contribution in [2.75, 3.05) is 25.2 Å². The minimum Gasteiger partial charge on any atom is -0.385 e. The second kappa shape index (κ2) is 6.19. The van der Waals surface area contributed by atoms with E-state index in [1.165, 1.54) is 18.7 Å². The quantitative estimate of drug-likeness (QED) is 0.365. The normalized spacial score (nSPS) is 43.5. The highest BCUT2D eigenvalue weighted by atomic mass is 32.2. The maximum absolute atomic E-state index is 12.5. The lowest BCUT2D eigenvalue weighted by molar-refractivity contribution is -0.209. The topological polar surface area (TPSA) is 151 Å². The van der Waals surface area contributed by atoms with E-state index in [-0.39, 0.29) is 6.61 Å². The predicted molar refractivity (Wildman–Crippen MR) is 80.0 cm³/mol. The molecule has 0 aromatic heterocycles. The van der Waals surface area contributed by atoms with Gasteiger partial charge in [-0.05, 0) is 19.6 Å². The molecule has 0 saturated carbocycles. The summed E-state index contributed by atoms with van der Waals surface area (Å²) in [7, 11) is 0. The maximum Gasteiger partial charge on any atom is 0.283 e. The van der Waals surface area contributed by atoms with Gasteiger partial charge in [-0.1, -0.05) is 0 Å². The summed E-state index contributed by atoms with van der Waals surface area (Å²) in [6.07, 6.45) is 0.498. The van der Waals surface area contributed by atoms with E-state index < -0.39 is 47.6 Å². The number of rotatable bonds is 5. The van der Waals surface area contributed by atoms with Crippen LogP contribution in [0.15, 0.2) is 0 Å². The zero-order valence-corrected chi connectivity index (χ0v) is 13.8. The van der Waals surface area contributed by atoms with Gasteiger partial charge in [0.25, 0.3) is 23.3 Å². The number of nitrogens with one attached hydrogen (secondary N) is 1. The summed E-state index contributed by atoms with van der Waals surface area (Å²) in [5, 5.41) is 32.8. The zero-order valence-electron chi connectivity index (χ0n) is 12.9. The van der Waals surface area contributed by atoms with E-state index >= 15 is 0 Å². The number of carbonyl (C=O) groups is 2. The Kier molecular flexibility index (Phi) is 4.96. The molecule has 0 bridgehead atoms. The molecule has 0 radical (unpaired) electrons. The number of aliphatic hydroxyl groups is 3. The molecule has 5 atom stereocenters. The van der Waals surface area contributed by atoms with Crippen molar-refractivity contribution in [3.05, 3.63) is 0 Å². The number of nitrogens with two attached hydrogens (primary N) is 1. The van der Waals surface area contributed by atoms with Gasteiger partial charge >= 0.3 is 0 Å². The fourth-order valence-electron chi connectivity index (χ4n) is 2.80. The first-order valence-electron chi connectivity index (χ1n) is 7.12. The number of primary amides is 1. The fourth-order valence-corrected chi connectivity index (χ4v) is 3.60. The van der Waals surface area contributed by atoms with Crippen molar-refractivity contribution in [1.82, 2.24) is 5.32 Å². The standard InChI is InChI=1S/C13H22N2O7S/c1-11(19)6-22-12(8(11)16,9(14)17)15-10(18)13(20)7(5-23-2)3-4-21-13/h7-8,16,19-20H,3-6H2,1-2H3,(H2,14,17)(H,15,18). The Bertz CT molecular complexity index is 503. The van der Waals surface area contributed by atoms with Crippen LogP contribution >= 0.6 is 11.8 Å². The van der Waals surface area contributed by atoms with Crippen LogP contribution < -0.4 is 11.1 Å². The average molecular weight is 350 g/mol. The van der Waals surface area contributed by atoms with Crippen molar-refractivity contribution in [2.24, 2.45) is 11.7 Å². The van der Waals surface area contributed by atoms with E-state index in [0.717, 1.165) is 0 Å². The van der Waals surface area contributed by atoms with Crippen molar-refractivity contribution in [2.45, 2.75) is 36.6 Å². The number of amides is 2. The van der Waals surface area contributed by atoms with E-state index in [1.54, 1.807) is 0 Å². The average Bonchev–Trinajstić information content (AvgIpc) is 2.95. The molecular formula is C13H22N2O7S. The summed E-state index contributed by atoms with van der Waals surface area (Å²) in [5.41, 5.74) is 1.15. The van der Waals surface area contributed by atoms with Crippen LogP contribution in [0.2, 0.25) is 0 Å². The smallest absolute Gasteiger partial charge is 0.283 e. The van der Waals surface area contributed by atoms with Gasteiger partial charge in [-0.25, -0.2) is 0 Å². The molecule has 2 rings (SSSR count). The molecule has 2 amide bonds. The number of thioether (sulfide) groups is 1. The third kappa shape index (κ3) is 2.94. The molecule has 0 spiro atoms. The van der Waals surface area contributed by atoms with Crippen molar-refractivity contribution < 1.29 is 34.4 Å². The molecule has 2 saturated heterocycles. The molecule has 0 aromatic carbocycles. The van der Waals surface area contributed by atoms with Crippen LogP contribution in [0.1, 0.15) is 13.3 Å². The van der Waals surface area contributed by atoms with Gasteiger partial charge in [0.15, 0.2) is 0 Å². The molecule has 0 aromatic rings. The lowest BCUT2D eigenvalue weighted by atomic mass is 9.92. The minimum atomic E-state index is -2.33. The summed E-state index contributed by atoms with van der Waals surface area (Å²) in [5.74, 6) is -4.39. The Hall–Kier alpha value is -0.910. The molecule has 2 heterocycles. The largest absolute Gasteiger partial charge is 0.385 e. The number of ether oxygens (including phenoxy) is 2. The van der Waals surface area contributed by atoms with Crippen LogP contribution in [-0.4, -0.2) is 75.6 Å². The third-order valence-electron chi connectivity index (χ3n) is 4.27. The molecule has 6 N–H and O–H groups in total. The zero-order chi connectivity index (χ0) is 17.5. The first kappa shape index (κ1) is 18.4. The first-order chi connectivity index (χ1) is 10.6. The van der Waals surface area contributed by atoms with E-state index in [9.17, 15) is 24.9 Å². The Labute approximate surface area is 137 Å². The molecule has 0 aliphatic carbocycles. The molecule has 132 valence electrons. The maximum atomic E-state index is 12.5. The first-order valence-corrected chi connectivity index (χ1v) is 8.51. The second-order valence-corrected chi connectivity index (χ2v) is 7.00. The second-order valence-electron chi connectivity index (χ2n) is 6.09. The van der Waals surface area contributed by atoms with Gasteiger partial charge in [0.1, 0.15) is 11.7 Å². The van der Waals surface area contributed by atoms with Crippen LogP contribution in [-0.2, 0) is 19.1 Å². The molecule has 2 aliphatic heterocycles. The molecule has 2 aliphatic rings. The van der Waals surface area contributed by atoms with Gasteiger partial charge in [-0.15, -0.1) is 0 Å². The number of aliphatic hydroxyl groups excluding tert-OH is 1. The fraction of sp³-hybridized carbons (Fsp3) is 0.846. The van der Waals surface area contributed by atoms with Crippen LogP contribution in [0.25, 0.3) is 0 Å². The van der Waals surface area contributed by atoms with Crippen LogP contribution in [0.3, 0.4) is 0 Å². The van der Waals surface area contributed by atoms with E-state index in [1.807, 2.05) is 6.26 Å². The third-order valence-corrected chi connectivity index (χ3v) is 5.00. The Balaban J connectivity index is 2.25.